The van der Waals surface area contributed by atoms with Gasteiger partial charge in [0.15, 0.2) is 0 Å². The second-order valence-corrected chi connectivity index (χ2v) is 5.91. The molecule has 0 radical (unpaired) electrons. The average Bonchev–Trinajstić information content (AvgIpc) is 2.48. The first kappa shape index (κ1) is 17.4. The second kappa shape index (κ2) is 11.1. The fraction of sp³-hybridized carbons (Fsp3) is 0.938. The second-order valence-electron chi connectivity index (χ2n) is 5.91. The molecule has 1 heterocycles. The third-order valence-electron chi connectivity index (χ3n) is 4.10. The van der Waals surface area contributed by atoms with Crippen LogP contribution in [0.3, 0.4) is 0 Å². The van der Waals surface area contributed by atoms with E-state index in [0.29, 0.717) is 0 Å². The number of hydrogen-bond donors (Lipinski definition) is 1. The van der Waals surface area contributed by atoms with E-state index in [1.54, 1.807) is 0 Å². The minimum absolute atomic E-state index is 0.942. The van der Waals surface area contributed by atoms with Crippen LogP contribution in [0.2, 0.25) is 0 Å². The summed E-state index contributed by atoms with van der Waals surface area (Å²) in [7, 11) is 0. The topological polar surface area (TPSA) is 39.1 Å². The summed E-state index contributed by atoms with van der Waals surface area (Å²) in [6.07, 6.45) is 8.38. The normalized spacial score (nSPS) is 16.9. The molecule has 0 aromatic carbocycles. The summed E-state index contributed by atoms with van der Waals surface area (Å²) in [5.74, 6) is 0. The average molecular weight is 283 g/mol. The van der Waals surface area contributed by atoms with Gasteiger partial charge in [0.1, 0.15) is 0 Å². The van der Waals surface area contributed by atoms with Crippen LogP contribution in [0.25, 0.3) is 0 Å². The molecule has 0 aromatic heterocycles. The van der Waals surface area contributed by atoms with E-state index >= 15 is 0 Å². The van der Waals surface area contributed by atoms with Crippen molar-refractivity contribution >= 4 is 5.71 Å². The zero-order valence-corrected chi connectivity index (χ0v) is 13.5. The number of oxime groups is 1. The Hall–Kier alpha value is -0.610. The number of piperidine rings is 1. The van der Waals surface area contributed by atoms with Crippen LogP contribution in [0.4, 0.5) is 0 Å². The number of likely N-dealkylation sites (tertiary alicyclic amines) is 1. The van der Waals surface area contributed by atoms with E-state index in [1.807, 2.05) is 0 Å². The van der Waals surface area contributed by atoms with Crippen LogP contribution in [0.5, 0.6) is 0 Å². The molecule has 1 aliphatic rings. The summed E-state index contributed by atoms with van der Waals surface area (Å²) in [5, 5.41) is 12.1. The van der Waals surface area contributed by atoms with Gasteiger partial charge in [-0.05, 0) is 51.9 Å². The number of unbranched alkanes of at least 4 members (excludes halogenated alkanes) is 2. The molecule has 0 unspecified atom stereocenters. The van der Waals surface area contributed by atoms with Crippen LogP contribution in [0, 0.1) is 0 Å². The molecule has 1 saturated heterocycles. The maximum absolute atomic E-state index is 8.73. The molecule has 1 fully saturated rings. The zero-order chi connectivity index (χ0) is 14.6. The number of nitrogens with zero attached hydrogens (tertiary/aromatic N) is 3. The van der Waals surface area contributed by atoms with Gasteiger partial charge in [-0.2, -0.15) is 0 Å². The minimum Gasteiger partial charge on any atom is -0.411 e. The van der Waals surface area contributed by atoms with Gasteiger partial charge in [-0.15, -0.1) is 0 Å². The summed E-state index contributed by atoms with van der Waals surface area (Å²) < 4.78 is 0. The first-order valence-electron chi connectivity index (χ1n) is 8.44. The molecule has 20 heavy (non-hydrogen) atoms. The van der Waals surface area contributed by atoms with Gasteiger partial charge in [0.25, 0.3) is 0 Å². The molecule has 1 aliphatic heterocycles. The Morgan fingerprint density at radius 2 is 1.65 bits per heavy atom. The summed E-state index contributed by atoms with van der Waals surface area (Å²) in [6, 6.07) is 0. The van der Waals surface area contributed by atoms with Crippen molar-refractivity contribution in [3.8, 4) is 0 Å². The molecule has 0 saturated carbocycles. The van der Waals surface area contributed by atoms with Crippen LogP contribution >= 0.6 is 0 Å². The van der Waals surface area contributed by atoms with E-state index in [1.165, 1.54) is 58.3 Å². The molecule has 0 atom stereocenters. The Morgan fingerprint density at radius 1 is 1.00 bits per heavy atom. The molecular weight excluding hydrogens is 250 g/mol. The maximum atomic E-state index is 8.73. The Labute approximate surface area is 124 Å². The molecule has 118 valence electrons. The molecule has 0 amide bonds. The minimum atomic E-state index is 0.942. The van der Waals surface area contributed by atoms with Crippen LogP contribution < -0.4 is 0 Å². The lowest BCUT2D eigenvalue weighted by Crippen LogP contribution is -2.34. The zero-order valence-electron chi connectivity index (χ0n) is 13.5. The molecule has 0 spiro atoms. The summed E-state index contributed by atoms with van der Waals surface area (Å²) >= 11 is 0. The standard InChI is InChI=1S/C16H33N3O/c1-3-10-18(11-4-2)12-6-5-7-13-19-14-8-16(17-20)9-15-19/h20H,3-15H2,1-2H3. The van der Waals surface area contributed by atoms with Crippen molar-refractivity contribution in [3.63, 3.8) is 0 Å². The van der Waals surface area contributed by atoms with Crippen molar-refractivity contribution in [1.29, 1.82) is 0 Å². The van der Waals surface area contributed by atoms with Crippen LogP contribution in [0.15, 0.2) is 5.16 Å². The molecule has 0 bridgehead atoms. The summed E-state index contributed by atoms with van der Waals surface area (Å²) in [4.78, 5) is 5.11. The van der Waals surface area contributed by atoms with Gasteiger partial charge in [0.05, 0.1) is 5.71 Å². The van der Waals surface area contributed by atoms with E-state index in [-0.39, 0.29) is 0 Å². The van der Waals surface area contributed by atoms with Crippen molar-refractivity contribution < 1.29 is 5.21 Å². The lowest BCUT2D eigenvalue weighted by Gasteiger charge is -2.27. The van der Waals surface area contributed by atoms with Gasteiger partial charge in [0, 0.05) is 25.9 Å². The smallest absolute Gasteiger partial charge is 0.0596 e. The predicted molar refractivity (Wildman–Crippen MR) is 85.8 cm³/mol. The highest BCUT2D eigenvalue weighted by Crippen LogP contribution is 2.09. The molecule has 1 rings (SSSR count). The fourth-order valence-corrected chi connectivity index (χ4v) is 2.95. The van der Waals surface area contributed by atoms with Crippen LogP contribution in [-0.2, 0) is 0 Å². The van der Waals surface area contributed by atoms with Crippen molar-refractivity contribution in [2.45, 2.75) is 58.8 Å². The largest absolute Gasteiger partial charge is 0.411 e. The van der Waals surface area contributed by atoms with E-state index < -0.39 is 0 Å². The monoisotopic (exact) mass is 283 g/mol. The number of hydrogen-bond acceptors (Lipinski definition) is 4. The molecule has 0 aromatic rings. The molecule has 1 N–H and O–H groups in total. The van der Waals surface area contributed by atoms with Gasteiger partial charge < -0.3 is 15.0 Å². The van der Waals surface area contributed by atoms with Gasteiger partial charge >= 0.3 is 0 Å². The first-order chi connectivity index (χ1) is 9.80. The van der Waals surface area contributed by atoms with Crippen molar-refractivity contribution in [2.24, 2.45) is 5.16 Å². The Bertz CT molecular complexity index is 252. The Kier molecular flexibility index (Phi) is 9.67. The lowest BCUT2D eigenvalue weighted by atomic mass is 10.1. The van der Waals surface area contributed by atoms with Crippen molar-refractivity contribution in [1.82, 2.24) is 9.80 Å². The molecule has 4 heteroatoms. The SMILES string of the molecule is CCCN(CCC)CCCCCN1CCC(=NO)CC1. The highest BCUT2D eigenvalue weighted by Gasteiger charge is 2.14. The van der Waals surface area contributed by atoms with Gasteiger partial charge in [-0.3, -0.25) is 0 Å². The van der Waals surface area contributed by atoms with Gasteiger partial charge in [-0.25, -0.2) is 0 Å². The summed E-state index contributed by atoms with van der Waals surface area (Å²) in [5.41, 5.74) is 0.969. The third kappa shape index (κ3) is 7.25. The fourth-order valence-electron chi connectivity index (χ4n) is 2.95. The van der Waals surface area contributed by atoms with E-state index in [2.05, 4.69) is 28.8 Å². The lowest BCUT2D eigenvalue weighted by molar-refractivity contribution is 0.246. The van der Waals surface area contributed by atoms with Gasteiger partial charge in [0.2, 0.25) is 0 Å². The van der Waals surface area contributed by atoms with E-state index in [4.69, 9.17) is 5.21 Å². The van der Waals surface area contributed by atoms with Crippen molar-refractivity contribution in [2.75, 3.05) is 39.3 Å². The van der Waals surface area contributed by atoms with E-state index in [0.717, 1.165) is 31.6 Å². The third-order valence-corrected chi connectivity index (χ3v) is 4.10. The van der Waals surface area contributed by atoms with Crippen molar-refractivity contribution in [3.05, 3.63) is 0 Å². The van der Waals surface area contributed by atoms with Crippen LogP contribution in [-0.4, -0.2) is 60.0 Å². The van der Waals surface area contributed by atoms with Gasteiger partial charge in [-0.1, -0.05) is 25.4 Å². The molecule has 0 aliphatic carbocycles. The highest BCUT2D eigenvalue weighted by atomic mass is 16.4. The Morgan fingerprint density at radius 3 is 2.20 bits per heavy atom. The quantitative estimate of drug-likeness (QED) is 0.380. The summed E-state index contributed by atoms with van der Waals surface area (Å²) in [6.45, 7) is 11.6. The molecular formula is C16H33N3O. The maximum Gasteiger partial charge on any atom is 0.0596 e. The van der Waals surface area contributed by atoms with E-state index in [9.17, 15) is 0 Å². The highest BCUT2D eigenvalue weighted by molar-refractivity contribution is 5.84. The van der Waals surface area contributed by atoms with Crippen LogP contribution in [0.1, 0.15) is 58.8 Å². The number of rotatable bonds is 10. The molecule has 4 nitrogen and oxygen atoms in total. The Balaban J connectivity index is 2.01. The first-order valence-corrected chi connectivity index (χ1v) is 8.44. The predicted octanol–water partition coefficient (Wildman–Crippen LogP) is 3.20.